The molecule has 0 radical (unpaired) electrons. The molecule has 1 aromatic carbocycles. The first-order valence-corrected chi connectivity index (χ1v) is 6.97. The van der Waals surface area contributed by atoms with Crippen LogP contribution in [0.2, 0.25) is 0 Å². The number of nitrogens with one attached hydrogen (secondary N) is 1. The van der Waals surface area contributed by atoms with Gasteiger partial charge >= 0.3 is 5.97 Å². The minimum Gasteiger partial charge on any atom is -0.480 e. The highest BCUT2D eigenvalue weighted by atomic mass is 16.4. The van der Waals surface area contributed by atoms with Gasteiger partial charge in [0.15, 0.2) is 0 Å². The number of hydrogen-bond donors (Lipinski definition) is 2. The SMILES string of the molecule is CC(=O)N1[C@H](C(=O)O)Cc2c([nH]c3ccccc23)C1(C)C. The van der Waals surface area contributed by atoms with E-state index in [2.05, 4.69) is 4.98 Å². The molecule has 0 saturated heterocycles. The molecule has 3 rings (SSSR count). The predicted molar refractivity (Wildman–Crippen MR) is 79.0 cm³/mol. The van der Waals surface area contributed by atoms with Gasteiger partial charge in [-0.2, -0.15) is 0 Å². The van der Waals surface area contributed by atoms with E-state index < -0.39 is 17.6 Å². The molecule has 0 saturated carbocycles. The van der Waals surface area contributed by atoms with Crippen LogP contribution >= 0.6 is 0 Å². The summed E-state index contributed by atoms with van der Waals surface area (Å²) in [7, 11) is 0. The third-order valence-corrected chi connectivity index (χ3v) is 4.36. The Labute approximate surface area is 122 Å². The van der Waals surface area contributed by atoms with Gasteiger partial charge in [0.25, 0.3) is 0 Å². The van der Waals surface area contributed by atoms with E-state index in [1.54, 1.807) is 0 Å². The number of hydrogen-bond acceptors (Lipinski definition) is 2. The number of carbonyl (C=O) groups excluding carboxylic acids is 1. The Hall–Kier alpha value is -2.30. The van der Waals surface area contributed by atoms with Crippen molar-refractivity contribution in [1.29, 1.82) is 0 Å². The van der Waals surface area contributed by atoms with Crippen LogP contribution in [-0.2, 0) is 21.5 Å². The largest absolute Gasteiger partial charge is 0.480 e. The molecule has 21 heavy (non-hydrogen) atoms. The van der Waals surface area contributed by atoms with E-state index in [1.807, 2.05) is 38.1 Å². The molecule has 0 spiro atoms. The van der Waals surface area contributed by atoms with Crippen LogP contribution in [0.25, 0.3) is 10.9 Å². The number of fused-ring (bicyclic) bond motifs is 3. The third kappa shape index (κ3) is 1.84. The van der Waals surface area contributed by atoms with E-state index in [4.69, 9.17) is 0 Å². The molecule has 5 heteroatoms. The van der Waals surface area contributed by atoms with E-state index in [0.717, 1.165) is 22.2 Å². The van der Waals surface area contributed by atoms with Crippen LogP contribution in [0.1, 0.15) is 32.0 Å². The Bertz CT molecular complexity index is 745. The van der Waals surface area contributed by atoms with Gasteiger partial charge in [-0.15, -0.1) is 0 Å². The van der Waals surface area contributed by atoms with Gasteiger partial charge in [0, 0.05) is 29.9 Å². The first-order chi connectivity index (χ1) is 9.84. The quantitative estimate of drug-likeness (QED) is 0.844. The van der Waals surface area contributed by atoms with Crippen molar-refractivity contribution in [3.05, 3.63) is 35.5 Å². The lowest BCUT2D eigenvalue weighted by Crippen LogP contribution is -2.57. The van der Waals surface area contributed by atoms with Crippen molar-refractivity contribution in [3.8, 4) is 0 Å². The highest BCUT2D eigenvalue weighted by Gasteiger charge is 2.46. The molecular formula is C16H18N2O3. The Morgan fingerprint density at radius 1 is 1.33 bits per heavy atom. The molecule has 1 aromatic heterocycles. The number of aromatic nitrogens is 1. The van der Waals surface area contributed by atoms with Gasteiger partial charge in [-0.25, -0.2) is 4.79 Å². The molecular weight excluding hydrogens is 268 g/mol. The highest BCUT2D eigenvalue weighted by Crippen LogP contribution is 2.40. The number of para-hydroxylation sites is 1. The topological polar surface area (TPSA) is 73.4 Å². The van der Waals surface area contributed by atoms with Crippen molar-refractivity contribution in [2.24, 2.45) is 0 Å². The Balaban J connectivity index is 2.28. The molecule has 1 aliphatic rings. The minimum absolute atomic E-state index is 0.225. The van der Waals surface area contributed by atoms with Crippen molar-refractivity contribution >= 4 is 22.8 Å². The number of aliphatic carboxylic acids is 1. The number of carbonyl (C=O) groups is 2. The lowest BCUT2D eigenvalue weighted by molar-refractivity contribution is -0.156. The molecule has 0 bridgehead atoms. The molecule has 2 N–H and O–H groups in total. The molecule has 0 unspecified atom stereocenters. The summed E-state index contributed by atoms with van der Waals surface area (Å²) in [5, 5.41) is 10.6. The zero-order valence-corrected chi connectivity index (χ0v) is 12.3. The average molecular weight is 286 g/mol. The van der Waals surface area contributed by atoms with Crippen molar-refractivity contribution in [2.45, 2.75) is 38.8 Å². The monoisotopic (exact) mass is 286 g/mol. The van der Waals surface area contributed by atoms with Crippen LogP contribution in [0, 0.1) is 0 Å². The van der Waals surface area contributed by atoms with Crippen molar-refractivity contribution in [1.82, 2.24) is 9.88 Å². The predicted octanol–water partition coefficient (Wildman–Crippen LogP) is 2.26. The minimum atomic E-state index is -0.964. The van der Waals surface area contributed by atoms with E-state index >= 15 is 0 Å². The Morgan fingerprint density at radius 3 is 2.62 bits per heavy atom. The third-order valence-electron chi connectivity index (χ3n) is 4.36. The second kappa shape index (κ2) is 4.35. The standard InChI is InChI=1S/C16H18N2O3/c1-9(19)18-13(15(20)21)8-11-10-6-4-5-7-12(10)17-14(11)16(18,2)3/h4-7,13,17H,8H2,1-3H3,(H,20,21)/t13-/m0/s1. The van der Waals surface area contributed by atoms with Crippen LogP contribution in [0.3, 0.4) is 0 Å². The second-order valence-corrected chi connectivity index (χ2v) is 6.03. The van der Waals surface area contributed by atoms with Gasteiger partial charge < -0.3 is 15.0 Å². The van der Waals surface area contributed by atoms with Crippen molar-refractivity contribution in [2.75, 3.05) is 0 Å². The summed E-state index contributed by atoms with van der Waals surface area (Å²) >= 11 is 0. The maximum Gasteiger partial charge on any atom is 0.326 e. The van der Waals surface area contributed by atoms with E-state index in [1.165, 1.54) is 11.8 Å². The summed E-state index contributed by atoms with van der Waals surface area (Å²) in [6.45, 7) is 5.20. The molecule has 5 nitrogen and oxygen atoms in total. The molecule has 1 amide bonds. The number of nitrogens with zero attached hydrogens (tertiary/aromatic N) is 1. The normalized spacial score (nSPS) is 20.3. The average Bonchev–Trinajstić information content (AvgIpc) is 2.77. The van der Waals surface area contributed by atoms with Gasteiger partial charge in [0.2, 0.25) is 5.91 Å². The fourth-order valence-electron chi connectivity index (χ4n) is 3.54. The van der Waals surface area contributed by atoms with E-state index in [-0.39, 0.29) is 5.91 Å². The number of amides is 1. The summed E-state index contributed by atoms with van der Waals surface area (Å²) in [4.78, 5) is 28.5. The molecule has 0 fully saturated rings. The van der Waals surface area contributed by atoms with Gasteiger partial charge in [0.05, 0.1) is 5.54 Å². The van der Waals surface area contributed by atoms with E-state index in [0.29, 0.717) is 6.42 Å². The smallest absolute Gasteiger partial charge is 0.326 e. The number of H-pyrrole nitrogens is 1. The molecule has 2 aromatic rings. The lowest BCUT2D eigenvalue weighted by atomic mass is 9.84. The first-order valence-electron chi connectivity index (χ1n) is 6.97. The van der Waals surface area contributed by atoms with Gasteiger partial charge in [0.1, 0.15) is 6.04 Å². The van der Waals surface area contributed by atoms with Gasteiger partial charge in [-0.1, -0.05) is 18.2 Å². The number of carboxylic acid groups (broad SMARTS) is 1. The molecule has 1 aliphatic heterocycles. The Morgan fingerprint density at radius 2 is 2.00 bits per heavy atom. The first kappa shape index (κ1) is 13.7. The lowest BCUT2D eigenvalue weighted by Gasteiger charge is -2.45. The van der Waals surface area contributed by atoms with Gasteiger partial charge in [-0.05, 0) is 25.5 Å². The Kier molecular flexibility index (Phi) is 2.83. The summed E-state index contributed by atoms with van der Waals surface area (Å²) < 4.78 is 0. The van der Waals surface area contributed by atoms with Crippen molar-refractivity contribution < 1.29 is 14.7 Å². The maximum absolute atomic E-state index is 12.0. The molecule has 110 valence electrons. The van der Waals surface area contributed by atoms with Crippen LogP contribution < -0.4 is 0 Å². The number of carboxylic acids is 1. The fraction of sp³-hybridized carbons (Fsp3) is 0.375. The molecule has 2 heterocycles. The summed E-state index contributed by atoms with van der Waals surface area (Å²) in [5.74, 6) is -1.19. The van der Waals surface area contributed by atoms with Gasteiger partial charge in [-0.3, -0.25) is 4.79 Å². The highest BCUT2D eigenvalue weighted by molar-refractivity contribution is 5.89. The summed E-state index contributed by atoms with van der Waals surface area (Å²) in [6.07, 6.45) is 0.331. The van der Waals surface area contributed by atoms with Crippen LogP contribution in [0.15, 0.2) is 24.3 Å². The molecule has 1 atom stereocenters. The zero-order chi connectivity index (χ0) is 15.4. The van der Waals surface area contributed by atoms with Crippen LogP contribution in [0.5, 0.6) is 0 Å². The second-order valence-electron chi connectivity index (χ2n) is 6.03. The number of rotatable bonds is 1. The summed E-state index contributed by atoms with van der Waals surface area (Å²) in [5.41, 5.74) is 2.23. The van der Waals surface area contributed by atoms with Crippen molar-refractivity contribution in [3.63, 3.8) is 0 Å². The van der Waals surface area contributed by atoms with Crippen LogP contribution in [-0.4, -0.2) is 32.9 Å². The zero-order valence-electron chi connectivity index (χ0n) is 12.3. The fourth-order valence-corrected chi connectivity index (χ4v) is 3.54. The van der Waals surface area contributed by atoms with E-state index in [9.17, 15) is 14.7 Å². The number of benzene rings is 1. The van der Waals surface area contributed by atoms with Crippen LogP contribution in [0.4, 0.5) is 0 Å². The molecule has 0 aliphatic carbocycles. The summed E-state index contributed by atoms with van der Waals surface area (Å²) in [6, 6.07) is 7.01. The number of aromatic amines is 1. The maximum atomic E-state index is 12.0.